The van der Waals surface area contributed by atoms with Crippen molar-refractivity contribution in [1.82, 2.24) is 5.43 Å². The van der Waals surface area contributed by atoms with E-state index in [4.69, 9.17) is 18.9 Å². The molecule has 2 amide bonds. The van der Waals surface area contributed by atoms with Crippen molar-refractivity contribution in [3.05, 3.63) is 80.9 Å². The summed E-state index contributed by atoms with van der Waals surface area (Å²) in [7, 11) is 1.54. The van der Waals surface area contributed by atoms with Crippen molar-refractivity contribution in [3.8, 4) is 23.0 Å². The minimum absolute atomic E-state index is 0.0377. The highest BCUT2D eigenvalue weighted by Crippen LogP contribution is 2.37. The highest BCUT2D eigenvalue weighted by molar-refractivity contribution is 14.1. The zero-order valence-corrected chi connectivity index (χ0v) is 20.2. The number of para-hydroxylation sites is 1. The molecule has 0 spiro atoms. The van der Waals surface area contributed by atoms with Crippen molar-refractivity contribution >= 4 is 46.2 Å². The van der Waals surface area contributed by atoms with E-state index in [1.54, 1.807) is 43.5 Å². The van der Waals surface area contributed by atoms with Gasteiger partial charge in [0.25, 0.3) is 11.8 Å². The van der Waals surface area contributed by atoms with Gasteiger partial charge in [-0.15, -0.1) is 0 Å². The van der Waals surface area contributed by atoms with Gasteiger partial charge in [0.2, 0.25) is 6.79 Å². The van der Waals surface area contributed by atoms with Crippen molar-refractivity contribution in [3.63, 3.8) is 0 Å². The number of amides is 2. The van der Waals surface area contributed by atoms with Gasteiger partial charge in [0.05, 0.1) is 16.4 Å². The van der Waals surface area contributed by atoms with E-state index in [9.17, 15) is 9.59 Å². The van der Waals surface area contributed by atoms with Gasteiger partial charge in [0, 0.05) is 0 Å². The summed E-state index contributed by atoms with van der Waals surface area (Å²) in [6, 6.07) is 18.1. The molecule has 3 aromatic rings. The van der Waals surface area contributed by atoms with Crippen molar-refractivity contribution in [2.75, 3.05) is 18.9 Å². The lowest BCUT2D eigenvalue weighted by Gasteiger charge is -2.14. The smallest absolute Gasteiger partial charge is 0.282 e. The van der Waals surface area contributed by atoms with Gasteiger partial charge in [0.1, 0.15) is 12.2 Å². The zero-order chi connectivity index (χ0) is 23.7. The molecule has 0 aliphatic carbocycles. The highest BCUT2D eigenvalue weighted by Gasteiger charge is 2.34. The summed E-state index contributed by atoms with van der Waals surface area (Å²) >= 11 is 2.14. The van der Waals surface area contributed by atoms with Gasteiger partial charge in [0.15, 0.2) is 23.0 Å². The summed E-state index contributed by atoms with van der Waals surface area (Å²) < 4.78 is 23.1. The van der Waals surface area contributed by atoms with E-state index in [1.165, 1.54) is 5.01 Å². The second-order valence-electron chi connectivity index (χ2n) is 7.49. The molecular formula is C25H19IN2O6. The van der Waals surface area contributed by atoms with E-state index >= 15 is 0 Å². The van der Waals surface area contributed by atoms with Crippen LogP contribution in [-0.4, -0.2) is 25.7 Å². The molecule has 8 nitrogen and oxygen atoms in total. The van der Waals surface area contributed by atoms with E-state index in [-0.39, 0.29) is 12.4 Å². The number of hydrazine groups is 1. The fourth-order valence-electron chi connectivity index (χ4n) is 3.63. The van der Waals surface area contributed by atoms with Gasteiger partial charge >= 0.3 is 0 Å². The molecular weight excluding hydrogens is 551 g/mol. The molecule has 5 rings (SSSR count). The van der Waals surface area contributed by atoms with Crippen LogP contribution in [0.2, 0.25) is 0 Å². The van der Waals surface area contributed by atoms with Crippen molar-refractivity contribution in [2.24, 2.45) is 0 Å². The molecule has 1 N–H and O–H groups in total. The number of carbonyl (C=O) groups excluding carboxylic acids is 2. The summed E-state index contributed by atoms with van der Waals surface area (Å²) in [5, 5.41) is 1.24. The lowest BCUT2D eigenvalue weighted by Crippen LogP contribution is -2.35. The van der Waals surface area contributed by atoms with Gasteiger partial charge in [-0.05, 0) is 76.2 Å². The number of anilines is 1. The number of fused-ring (bicyclic) bond motifs is 1. The summed E-state index contributed by atoms with van der Waals surface area (Å²) in [5.74, 6) is 1.57. The average molecular weight is 570 g/mol. The third-order valence-corrected chi connectivity index (χ3v) is 6.09. The van der Waals surface area contributed by atoms with Gasteiger partial charge in [-0.1, -0.05) is 24.3 Å². The highest BCUT2D eigenvalue weighted by atomic mass is 127. The Balaban J connectivity index is 1.37. The molecule has 2 heterocycles. The molecule has 2 aliphatic heterocycles. The lowest BCUT2D eigenvalue weighted by molar-refractivity contribution is -0.117. The Morgan fingerprint density at radius 3 is 2.65 bits per heavy atom. The first-order chi connectivity index (χ1) is 16.5. The average Bonchev–Trinajstić information content (AvgIpc) is 3.43. The Kier molecular flexibility index (Phi) is 6.01. The second-order valence-corrected chi connectivity index (χ2v) is 8.65. The molecule has 172 valence electrons. The Hall–Kier alpha value is -3.73. The Bertz CT molecular complexity index is 1310. The number of hydrogen-bond acceptors (Lipinski definition) is 6. The topological polar surface area (TPSA) is 86.3 Å². The number of ether oxygens (including phenoxy) is 4. The molecule has 34 heavy (non-hydrogen) atoms. The van der Waals surface area contributed by atoms with Crippen molar-refractivity contribution in [1.29, 1.82) is 0 Å². The minimum atomic E-state index is -0.467. The molecule has 0 unspecified atom stereocenters. The standard InChI is InChI=1S/C25H19IN2O6/c1-31-22-12-16(9-18-24(29)27-28(25(18)30)17-5-3-2-4-6-17)10-19(26)23(22)32-13-15-7-8-20-21(11-15)34-14-33-20/h2-12H,13-14H2,1H3,(H,27,29)/b18-9-. The van der Waals surface area contributed by atoms with E-state index in [2.05, 4.69) is 28.0 Å². The third kappa shape index (κ3) is 4.26. The predicted octanol–water partition coefficient (Wildman–Crippen LogP) is 4.07. The quantitative estimate of drug-likeness (QED) is 0.273. The number of nitrogens with zero attached hydrogens (tertiary/aromatic N) is 1. The van der Waals surface area contributed by atoms with Crippen LogP contribution in [0, 0.1) is 3.57 Å². The minimum Gasteiger partial charge on any atom is -0.493 e. The van der Waals surface area contributed by atoms with Crippen LogP contribution in [0.5, 0.6) is 23.0 Å². The Labute approximate surface area is 209 Å². The van der Waals surface area contributed by atoms with Crippen LogP contribution in [0.4, 0.5) is 5.69 Å². The van der Waals surface area contributed by atoms with E-state index in [0.717, 1.165) is 9.13 Å². The molecule has 0 bridgehead atoms. The number of hydrogen-bond donors (Lipinski definition) is 1. The second kappa shape index (κ2) is 9.26. The molecule has 0 saturated carbocycles. The van der Waals surface area contributed by atoms with Crippen LogP contribution in [0.15, 0.2) is 66.2 Å². The van der Waals surface area contributed by atoms with Crippen LogP contribution in [0.25, 0.3) is 6.08 Å². The molecule has 0 atom stereocenters. The number of carbonyl (C=O) groups is 2. The summed E-state index contributed by atoms with van der Waals surface area (Å²) in [4.78, 5) is 25.4. The molecule has 2 aliphatic rings. The van der Waals surface area contributed by atoms with Crippen LogP contribution in [-0.2, 0) is 16.2 Å². The van der Waals surface area contributed by atoms with Crippen molar-refractivity contribution < 1.29 is 28.5 Å². The summed E-state index contributed by atoms with van der Waals surface area (Å²) in [5.41, 5.74) is 4.79. The van der Waals surface area contributed by atoms with Crippen LogP contribution in [0.3, 0.4) is 0 Å². The molecule has 1 saturated heterocycles. The maximum absolute atomic E-state index is 12.9. The van der Waals surface area contributed by atoms with Gasteiger partial charge in [-0.2, -0.15) is 0 Å². The maximum atomic E-state index is 12.9. The molecule has 0 aromatic heterocycles. The third-order valence-electron chi connectivity index (χ3n) is 5.29. The first kappa shape index (κ1) is 22.1. The first-order valence-electron chi connectivity index (χ1n) is 10.3. The zero-order valence-electron chi connectivity index (χ0n) is 18.0. The monoisotopic (exact) mass is 570 g/mol. The lowest BCUT2D eigenvalue weighted by atomic mass is 10.1. The number of methoxy groups -OCH3 is 1. The van der Waals surface area contributed by atoms with Gasteiger partial charge < -0.3 is 18.9 Å². The number of nitrogens with one attached hydrogen (secondary N) is 1. The van der Waals surface area contributed by atoms with E-state index < -0.39 is 11.8 Å². The Morgan fingerprint density at radius 2 is 1.85 bits per heavy atom. The molecule has 1 fully saturated rings. The van der Waals surface area contributed by atoms with E-state index in [0.29, 0.717) is 40.9 Å². The normalized spacial score (nSPS) is 15.6. The maximum Gasteiger partial charge on any atom is 0.282 e. The fourth-order valence-corrected chi connectivity index (χ4v) is 4.41. The largest absolute Gasteiger partial charge is 0.493 e. The number of benzene rings is 3. The SMILES string of the molecule is COc1cc(/C=C2/C(=O)NN(c3ccccc3)C2=O)cc(I)c1OCc1ccc2c(c1)OCO2. The predicted molar refractivity (Wildman–Crippen MR) is 133 cm³/mol. The van der Waals surface area contributed by atoms with Crippen LogP contribution in [0.1, 0.15) is 11.1 Å². The van der Waals surface area contributed by atoms with Gasteiger partial charge in [-0.25, -0.2) is 5.01 Å². The van der Waals surface area contributed by atoms with E-state index in [1.807, 2.05) is 30.3 Å². The number of halogens is 1. The van der Waals surface area contributed by atoms with Crippen LogP contribution < -0.4 is 29.4 Å². The fraction of sp³-hybridized carbons (Fsp3) is 0.120. The Morgan fingerprint density at radius 1 is 1.06 bits per heavy atom. The summed E-state index contributed by atoms with van der Waals surface area (Å²) in [6.45, 7) is 0.516. The van der Waals surface area contributed by atoms with Crippen molar-refractivity contribution in [2.45, 2.75) is 6.61 Å². The van der Waals surface area contributed by atoms with Crippen LogP contribution >= 0.6 is 22.6 Å². The number of rotatable bonds is 6. The van der Waals surface area contributed by atoms with Gasteiger partial charge in [-0.3, -0.25) is 15.0 Å². The molecule has 0 radical (unpaired) electrons. The summed E-state index contributed by atoms with van der Waals surface area (Å²) in [6.07, 6.45) is 1.55. The molecule has 3 aromatic carbocycles. The molecule has 9 heteroatoms. The first-order valence-corrected chi connectivity index (χ1v) is 11.4.